The SMILES string of the molecule is CC(C)C(O)COC(=O)Cc1ccc(N)cc1. The Labute approximate surface area is 101 Å². The van der Waals surface area contributed by atoms with Crippen molar-refractivity contribution in [3.8, 4) is 0 Å². The van der Waals surface area contributed by atoms with Gasteiger partial charge < -0.3 is 15.6 Å². The van der Waals surface area contributed by atoms with E-state index in [1.807, 2.05) is 13.8 Å². The molecule has 0 bridgehead atoms. The van der Waals surface area contributed by atoms with Crippen molar-refractivity contribution >= 4 is 11.7 Å². The number of aliphatic hydroxyl groups is 1. The lowest BCUT2D eigenvalue weighted by Crippen LogP contribution is -2.24. The van der Waals surface area contributed by atoms with E-state index in [4.69, 9.17) is 10.5 Å². The van der Waals surface area contributed by atoms with Crippen molar-refractivity contribution in [3.05, 3.63) is 29.8 Å². The van der Waals surface area contributed by atoms with Gasteiger partial charge in [-0.2, -0.15) is 0 Å². The van der Waals surface area contributed by atoms with E-state index in [0.717, 1.165) is 5.56 Å². The molecule has 94 valence electrons. The molecule has 1 aromatic rings. The molecule has 0 spiro atoms. The van der Waals surface area contributed by atoms with E-state index in [0.29, 0.717) is 5.69 Å². The molecule has 0 aliphatic carbocycles. The monoisotopic (exact) mass is 237 g/mol. The Morgan fingerprint density at radius 2 is 1.94 bits per heavy atom. The second-order valence-electron chi connectivity index (χ2n) is 4.41. The van der Waals surface area contributed by atoms with Gasteiger partial charge in [0.05, 0.1) is 12.5 Å². The van der Waals surface area contributed by atoms with Crippen molar-refractivity contribution in [2.45, 2.75) is 26.4 Å². The van der Waals surface area contributed by atoms with Crippen molar-refractivity contribution in [1.29, 1.82) is 0 Å². The third kappa shape index (κ3) is 4.87. The van der Waals surface area contributed by atoms with Crippen LogP contribution < -0.4 is 5.73 Å². The van der Waals surface area contributed by atoms with Crippen LogP contribution in [0, 0.1) is 5.92 Å². The number of carbonyl (C=O) groups excluding carboxylic acids is 1. The molecule has 0 fully saturated rings. The summed E-state index contributed by atoms with van der Waals surface area (Å²) in [4.78, 5) is 11.5. The zero-order valence-corrected chi connectivity index (χ0v) is 10.2. The predicted octanol–water partition coefficient (Wildman–Crippen LogP) is 1.37. The molecule has 17 heavy (non-hydrogen) atoms. The lowest BCUT2D eigenvalue weighted by atomic mass is 10.1. The minimum Gasteiger partial charge on any atom is -0.463 e. The van der Waals surface area contributed by atoms with Crippen molar-refractivity contribution in [1.82, 2.24) is 0 Å². The molecule has 1 atom stereocenters. The highest BCUT2D eigenvalue weighted by molar-refractivity contribution is 5.72. The molecular formula is C13H19NO3. The maximum atomic E-state index is 11.5. The first-order valence-electron chi connectivity index (χ1n) is 5.67. The molecule has 0 saturated heterocycles. The van der Waals surface area contributed by atoms with Crippen molar-refractivity contribution in [2.24, 2.45) is 5.92 Å². The van der Waals surface area contributed by atoms with Crippen molar-refractivity contribution < 1.29 is 14.6 Å². The van der Waals surface area contributed by atoms with E-state index in [1.54, 1.807) is 24.3 Å². The maximum Gasteiger partial charge on any atom is 0.310 e. The van der Waals surface area contributed by atoms with Crippen LogP contribution in [0.1, 0.15) is 19.4 Å². The van der Waals surface area contributed by atoms with Crippen LogP contribution in [0.3, 0.4) is 0 Å². The number of nitrogens with two attached hydrogens (primary N) is 1. The molecule has 0 heterocycles. The van der Waals surface area contributed by atoms with Gasteiger partial charge in [-0.25, -0.2) is 0 Å². The zero-order valence-electron chi connectivity index (χ0n) is 10.2. The summed E-state index contributed by atoms with van der Waals surface area (Å²) in [5.74, 6) is -0.256. The zero-order chi connectivity index (χ0) is 12.8. The van der Waals surface area contributed by atoms with Gasteiger partial charge in [-0.05, 0) is 23.6 Å². The number of nitrogen functional groups attached to an aromatic ring is 1. The third-order valence-corrected chi connectivity index (χ3v) is 2.51. The Balaban J connectivity index is 2.37. The van der Waals surface area contributed by atoms with Gasteiger partial charge in [0, 0.05) is 5.69 Å². The fourth-order valence-electron chi connectivity index (χ4n) is 1.22. The largest absolute Gasteiger partial charge is 0.463 e. The average molecular weight is 237 g/mol. The first-order valence-corrected chi connectivity index (χ1v) is 5.67. The summed E-state index contributed by atoms with van der Waals surface area (Å²) < 4.78 is 4.98. The van der Waals surface area contributed by atoms with Crippen LogP contribution >= 0.6 is 0 Å². The van der Waals surface area contributed by atoms with Crippen LogP contribution in [-0.2, 0) is 16.0 Å². The highest BCUT2D eigenvalue weighted by atomic mass is 16.5. The highest BCUT2D eigenvalue weighted by Gasteiger charge is 2.12. The quantitative estimate of drug-likeness (QED) is 0.599. The Kier molecular flexibility index (Phi) is 4.97. The molecule has 0 saturated carbocycles. The number of hydrogen-bond acceptors (Lipinski definition) is 4. The second-order valence-corrected chi connectivity index (χ2v) is 4.41. The van der Waals surface area contributed by atoms with E-state index in [9.17, 15) is 9.90 Å². The number of anilines is 1. The van der Waals surface area contributed by atoms with Crippen LogP contribution in [0.4, 0.5) is 5.69 Å². The molecule has 1 unspecified atom stereocenters. The average Bonchev–Trinajstić information content (AvgIpc) is 2.29. The van der Waals surface area contributed by atoms with Gasteiger partial charge in [-0.3, -0.25) is 4.79 Å². The van der Waals surface area contributed by atoms with Gasteiger partial charge in [-0.15, -0.1) is 0 Å². The van der Waals surface area contributed by atoms with Gasteiger partial charge in [0.2, 0.25) is 0 Å². The molecule has 1 aromatic carbocycles. The highest BCUT2D eigenvalue weighted by Crippen LogP contribution is 2.07. The first kappa shape index (κ1) is 13.5. The summed E-state index contributed by atoms with van der Waals surface area (Å²) in [5.41, 5.74) is 7.05. The lowest BCUT2D eigenvalue weighted by molar-refractivity contribution is -0.146. The molecular weight excluding hydrogens is 218 g/mol. The number of carbonyl (C=O) groups is 1. The number of rotatable bonds is 5. The van der Waals surface area contributed by atoms with E-state index in [2.05, 4.69) is 0 Å². The standard InChI is InChI=1S/C13H19NO3/c1-9(2)12(15)8-17-13(16)7-10-3-5-11(14)6-4-10/h3-6,9,12,15H,7-8,14H2,1-2H3. The number of hydrogen-bond donors (Lipinski definition) is 2. The molecule has 4 heteroatoms. The van der Waals surface area contributed by atoms with Gasteiger partial charge in [0.25, 0.3) is 0 Å². The molecule has 0 aromatic heterocycles. The normalized spacial score (nSPS) is 12.5. The molecule has 1 rings (SSSR count). The summed E-state index contributed by atoms with van der Waals surface area (Å²) in [5, 5.41) is 9.48. The molecule has 3 N–H and O–H groups in total. The summed E-state index contributed by atoms with van der Waals surface area (Å²) in [6, 6.07) is 7.06. The number of esters is 1. The molecule has 0 aliphatic heterocycles. The van der Waals surface area contributed by atoms with Crippen LogP contribution in [0.15, 0.2) is 24.3 Å². The third-order valence-electron chi connectivity index (χ3n) is 2.51. The van der Waals surface area contributed by atoms with Gasteiger partial charge >= 0.3 is 5.97 Å². The summed E-state index contributed by atoms with van der Waals surface area (Å²) >= 11 is 0. The lowest BCUT2D eigenvalue weighted by Gasteiger charge is -2.14. The smallest absolute Gasteiger partial charge is 0.310 e. The fourth-order valence-corrected chi connectivity index (χ4v) is 1.22. The summed E-state index contributed by atoms with van der Waals surface area (Å²) in [6.07, 6.45) is -0.407. The molecule has 0 aliphatic rings. The Hall–Kier alpha value is -1.55. The minimum atomic E-state index is -0.606. The van der Waals surface area contributed by atoms with Gasteiger partial charge in [0.15, 0.2) is 0 Å². The van der Waals surface area contributed by atoms with Crippen LogP contribution in [0.5, 0.6) is 0 Å². The summed E-state index contributed by atoms with van der Waals surface area (Å²) in [7, 11) is 0. The molecule has 0 amide bonds. The Bertz CT molecular complexity index is 359. The van der Waals surface area contributed by atoms with E-state index in [1.165, 1.54) is 0 Å². The van der Waals surface area contributed by atoms with E-state index >= 15 is 0 Å². The van der Waals surface area contributed by atoms with Crippen molar-refractivity contribution in [2.75, 3.05) is 12.3 Å². The van der Waals surface area contributed by atoms with Gasteiger partial charge in [-0.1, -0.05) is 26.0 Å². The maximum absolute atomic E-state index is 11.5. The number of aliphatic hydroxyl groups excluding tert-OH is 1. The van der Waals surface area contributed by atoms with Crippen molar-refractivity contribution in [3.63, 3.8) is 0 Å². The Morgan fingerprint density at radius 3 is 2.47 bits per heavy atom. The predicted molar refractivity (Wildman–Crippen MR) is 66.4 cm³/mol. The second kappa shape index (κ2) is 6.25. The van der Waals surface area contributed by atoms with E-state index in [-0.39, 0.29) is 24.9 Å². The fraction of sp³-hybridized carbons (Fsp3) is 0.462. The minimum absolute atomic E-state index is 0.0471. The van der Waals surface area contributed by atoms with Crippen LogP contribution in [0.2, 0.25) is 0 Å². The first-order chi connectivity index (χ1) is 7.99. The summed E-state index contributed by atoms with van der Waals surface area (Å²) in [6.45, 7) is 3.79. The molecule has 0 radical (unpaired) electrons. The van der Waals surface area contributed by atoms with Gasteiger partial charge in [0.1, 0.15) is 6.61 Å². The van der Waals surface area contributed by atoms with Crippen LogP contribution in [0.25, 0.3) is 0 Å². The number of ether oxygens (including phenoxy) is 1. The molecule has 4 nitrogen and oxygen atoms in total. The topological polar surface area (TPSA) is 72.5 Å². The Morgan fingerprint density at radius 1 is 1.35 bits per heavy atom. The van der Waals surface area contributed by atoms with Crippen LogP contribution in [-0.4, -0.2) is 23.8 Å². The van der Waals surface area contributed by atoms with E-state index < -0.39 is 6.10 Å². The number of benzene rings is 1.